The normalized spacial score (nSPS) is 12.7. The third-order valence-electron chi connectivity index (χ3n) is 2.47. The summed E-state index contributed by atoms with van der Waals surface area (Å²) in [6, 6.07) is 7.97. The number of nitrogens with two attached hydrogens (primary N) is 1. The third-order valence-corrected chi connectivity index (χ3v) is 2.47. The van der Waals surface area contributed by atoms with Crippen LogP contribution in [0.15, 0.2) is 36.5 Å². The highest BCUT2D eigenvalue weighted by Crippen LogP contribution is 2.22. The van der Waals surface area contributed by atoms with Gasteiger partial charge in [0.15, 0.2) is 0 Å². The summed E-state index contributed by atoms with van der Waals surface area (Å²) in [5, 5.41) is 9.53. The maximum absolute atomic E-state index is 12.7. The van der Waals surface area contributed by atoms with Crippen LogP contribution >= 0.6 is 0 Å². The summed E-state index contributed by atoms with van der Waals surface area (Å²) in [6.45, 7) is 0.181. The van der Waals surface area contributed by atoms with Crippen molar-refractivity contribution in [1.29, 1.82) is 0 Å². The van der Waals surface area contributed by atoms with Crippen LogP contribution in [-0.4, -0.2) is 16.6 Å². The zero-order chi connectivity index (χ0) is 11.5. The molecule has 0 aliphatic carbocycles. The predicted molar refractivity (Wildman–Crippen MR) is 60.2 cm³/mol. The fourth-order valence-electron chi connectivity index (χ4n) is 1.54. The number of hydrogen-bond donors (Lipinski definition) is 3. The van der Waals surface area contributed by atoms with E-state index >= 15 is 0 Å². The Morgan fingerprint density at radius 2 is 2.00 bits per heavy atom. The summed E-state index contributed by atoms with van der Waals surface area (Å²) in [6.07, 6.45) is 1.04. The molecule has 1 aromatic heterocycles. The topological polar surface area (TPSA) is 62.0 Å². The van der Waals surface area contributed by atoms with Gasteiger partial charge in [0.2, 0.25) is 0 Å². The van der Waals surface area contributed by atoms with Gasteiger partial charge in [0.1, 0.15) is 5.82 Å². The van der Waals surface area contributed by atoms with Crippen LogP contribution in [0.25, 0.3) is 11.3 Å². The lowest BCUT2D eigenvalue weighted by Crippen LogP contribution is -2.10. The number of rotatable bonds is 3. The molecule has 0 saturated heterocycles. The van der Waals surface area contributed by atoms with E-state index in [1.165, 1.54) is 12.1 Å². The average molecular weight is 220 g/mol. The Morgan fingerprint density at radius 3 is 2.62 bits per heavy atom. The molecule has 2 aromatic rings. The first-order chi connectivity index (χ1) is 7.70. The van der Waals surface area contributed by atoms with Crippen molar-refractivity contribution >= 4 is 0 Å². The van der Waals surface area contributed by atoms with Gasteiger partial charge in [0.05, 0.1) is 6.10 Å². The number of aromatic amines is 1. The van der Waals surface area contributed by atoms with E-state index in [-0.39, 0.29) is 12.4 Å². The standard InChI is InChI=1S/C12H13FN2O/c13-10-3-1-8(2-4-10)11-5-9(7-15-11)12(16)6-14/h1-5,7,12,15-16H,6,14H2. The number of hydrogen-bond acceptors (Lipinski definition) is 2. The molecule has 4 N–H and O–H groups in total. The average Bonchev–Trinajstić information content (AvgIpc) is 2.78. The summed E-state index contributed by atoms with van der Waals surface area (Å²) >= 11 is 0. The van der Waals surface area contributed by atoms with E-state index in [0.29, 0.717) is 0 Å². The molecular formula is C12H13FN2O. The number of halogens is 1. The minimum absolute atomic E-state index is 0.181. The number of aromatic nitrogens is 1. The Morgan fingerprint density at radius 1 is 1.31 bits per heavy atom. The van der Waals surface area contributed by atoms with Gasteiger partial charge in [-0.1, -0.05) is 0 Å². The minimum Gasteiger partial charge on any atom is -0.387 e. The van der Waals surface area contributed by atoms with Gasteiger partial charge in [-0.3, -0.25) is 0 Å². The van der Waals surface area contributed by atoms with Crippen molar-refractivity contribution < 1.29 is 9.50 Å². The van der Waals surface area contributed by atoms with Crippen LogP contribution in [0, 0.1) is 5.82 Å². The highest BCUT2D eigenvalue weighted by Gasteiger charge is 2.08. The number of benzene rings is 1. The molecule has 0 saturated carbocycles. The summed E-state index contributed by atoms with van der Waals surface area (Å²) < 4.78 is 12.7. The second-order valence-electron chi connectivity index (χ2n) is 3.61. The SMILES string of the molecule is NCC(O)c1c[nH]c(-c2ccc(F)cc2)c1. The predicted octanol–water partition coefficient (Wildman–Crippen LogP) is 1.81. The van der Waals surface area contributed by atoms with Crippen LogP contribution in [0.5, 0.6) is 0 Å². The summed E-state index contributed by atoms with van der Waals surface area (Å²) in [4.78, 5) is 3.02. The van der Waals surface area contributed by atoms with Gasteiger partial charge < -0.3 is 15.8 Å². The smallest absolute Gasteiger partial charge is 0.123 e. The van der Waals surface area contributed by atoms with Crippen LogP contribution in [0.4, 0.5) is 4.39 Å². The third kappa shape index (κ3) is 2.13. The van der Waals surface area contributed by atoms with E-state index in [0.717, 1.165) is 16.8 Å². The van der Waals surface area contributed by atoms with Crippen molar-refractivity contribution in [3.8, 4) is 11.3 Å². The quantitative estimate of drug-likeness (QED) is 0.738. The number of aliphatic hydroxyl groups excluding tert-OH is 1. The van der Waals surface area contributed by atoms with E-state index in [2.05, 4.69) is 4.98 Å². The molecule has 3 nitrogen and oxygen atoms in total. The Balaban J connectivity index is 2.28. The monoisotopic (exact) mass is 220 g/mol. The van der Waals surface area contributed by atoms with Gasteiger partial charge in [-0.15, -0.1) is 0 Å². The fraction of sp³-hybridized carbons (Fsp3) is 0.167. The first-order valence-electron chi connectivity index (χ1n) is 5.03. The fourth-order valence-corrected chi connectivity index (χ4v) is 1.54. The molecule has 0 aliphatic rings. The second-order valence-corrected chi connectivity index (χ2v) is 3.61. The van der Waals surface area contributed by atoms with Crippen molar-refractivity contribution in [2.45, 2.75) is 6.10 Å². The van der Waals surface area contributed by atoms with Gasteiger partial charge >= 0.3 is 0 Å². The molecule has 2 rings (SSSR count). The number of nitrogens with one attached hydrogen (secondary N) is 1. The Hall–Kier alpha value is -1.65. The van der Waals surface area contributed by atoms with Crippen LogP contribution in [-0.2, 0) is 0 Å². The molecule has 16 heavy (non-hydrogen) atoms. The molecule has 84 valence electrons. The maximum atomic E-state index is 12.7. The Labute approximate surface area is 92.7 Å². The zero-order valence-electron chi connectivity index (χ0n) is 8.65. The van der Waals surface area contributed by atoms with E-state index in [9.17, 15) is 9.50 Å². The molecule has 0 fully saturated rings. The van der Waals surface area contributed by atoms with Crippen molar-refractivity contribution in [2.75, 3.05) is 6.54 Å². The van der Waals surface area contributed by atoms with Gasteiger partial charge in [-0.05, 0) is 41.5 Å². The molecular weight excluding hydrogens is 207 g/mol. The van der Waals surface area contributed by atoms with Gasteiger partial charge in [-0.25, -0.2) is 4.39 Å². The maximum Gasteiger partial charge on any atom is 0.123 e. The Kier molecular flexibility index (Phi) is 3.03. The van der Waals surface area contributed by atoms with Crippen molar-refractivity contribution in [3.63, 3.8) is 0 Å². The van der Waals surface area contributed by atoms with E-state index in [1.807, 2.05) is 6.07 Å². The van der Waals surface area contributed by atoms with Gasteiger partial charge in [-0.2, -0.15) is 0 Å². The molecule has 1 aromatic carbocycles. The molecule has 1 unspecified atom stereocenters. The first-order valence-corrected chi connectivity index (χ1v) is 5.03. The summed E-state index contributed by atoms with van der Waals surface area (Å²) in [5.74, 6) is -0.266. The largest absolute Gasteiger partial charge is 0.387 e. The van der Waals surface area contributed by atoms with Crippen LogP contribution in [0.1, 0.15) is 11.7 Å². The lowest BCUT2D eigenvalue weighted by molar-refractivity contribution is 0.187. The second kappa shape index (κ2) is 4.47. The molecule has 4 heteroatoms. The molecule has 1 atom stereocenters. The van der Waals surface area contributed by atoms with Crippen LogP contribution in [0.3, 0.4) is 0 Å². The molecule has 1 heterocycles. The minimum atomic E-state index is -0.662. The van der Waals surface area contributed by atoms with Gasteiger partial charge in [0, 0.05) is 18.4 Å². The molecule has 0 radical (unpaired) electrons. The lowest BCUT2D eigenvalue weighted by atomic mass is 10.1. The highest BCUT2D eigenvalue weighted by molar-refractivity contribution is 5.60. The summed E-state index contributed by atoms with van der Waals surface area (Å²) in [5.41, 5.74) is 7.80. The highest BCUT2D eigenvalue weighted by atomic mass is 19.1. The van der Waals surface area contributed by atoms with E-state index < -0.39 is 6.10 Å². The first kappa shape index (κ1) is 10.9. The molecule has 0 aliphatic heterocycles. The van der Waals surface area contributed by atoms with Crippen molar-refractivity contribution in [3.05, 3.63) is 47.9 Å². The lowest BCUT2D eigenvalue weighted by Gasteiger charge is -2.02. The molecule has 0 amide bonds. The zero-order valence-corrected chi connectivity index (χ0v) is 8.65. The summed E-state index contributed by atoms with van der Waals surface area (Å²) in [7, 11) is 0. The Bertz CT molecular complexity index is 464. The van der Waals surface area contributed by atoms with E-state index in [4.69, 9.17) is 5.73 Å². The number of aliphatic hydroxyl groups is 1. The molecule has 0 spiro atoms. The van der Waals surface area contributed by atoms with Gasteiger partial charge in [0.25, 0.3) is 0 Å². The van der Waals surface area contributed by atoms with E-state index in [1.54, 1.807) is 18.3 Å². The number of H-pyrrole nitrogens is 1. The van der Waals surface area contributed by atoms with Crippen LogP contribution in [0.2, 0.25) is 0 Å². The van der Waals surface area contributed by atoms with Crippen molar-refractivity contribution in [1.82, 2.24) is 4.98 Å². The van der Waals surface area contributed by atoms with Crippen molar-refractivity contribution in [2.24, 2.45) is 5.73 Å². The molecule has 0 bridgehead atoms. The van der Waals surface area contributed by atoms with Crippen LogP contribution < -0.4 is 5.73 Å².